The number of nitrogens with two attached hydrogens (primary N) is 1. The van der Waals surface area contributed by atoms with Gasteiger partial charge < -0.3 is 5.32 Å². The minimum Gasteiger partial charge on any atom is -0.336 e. The maximum atomic E-state index is 12.1. The second kappa shape index (κ2) is 5.03. The molecule has 0 unspecified atom stereocenters. The SMILES string of the molecule is C#CC(C)(C)NC(=O)c1cc(S(N)(=O)=O)ccc1C. The number of amides is 1. The Balaban J connectivity index is 3.22. The van der Waals surface area contributed by atoms with Gasteiger partial charge in [-0.2, -0.15) is 0 Å². The Morgan fingerprint density at radius 1 is 1.42 bits per heavy atom. The van der Waals surface area contributed by atoms with Gasteiger partial charge in [-0.25, -0.2) is 13.6 Å². The highest BCUT2D eigenvalue weighted by Gasteiger charge is 2.20. The van der Waals surface area contributed by atoms with Crippen LogP contribution in [0.4, 0.5) is 0 Å². The van der Waals surface area contributed by atoms with E-state index in [1.807, 2.05) is 0 Å². The summed E-state index contributed by atoms with van der Waals surface area (Å²) in [5.41, 5.74) is 0.0498. The first-order valence-corrected chi connectivity index (χ1v) is 7.05. The van der Waals surface area contributed by atoms with Gasteiger partial charge in [0.1, 0.15) is 0 Å². The molecule has 0 atom stereocenters. The van der Waals surface area contributed by atoms with Gasteiger partial charge in [0.2, 0.25) is 10.0 Å². The lowest BCUT2D eigenvalue weighted by Crippen LogP contribution is -2.42. The van der Waals surface area contributed by atoms with Crippen LogP contribution in [0.1, 0.15) is 29.8 Å². The average molecular weight is 280 g/mol. The second-order valence-electron chi connectivity index (χ2n) is 4.75. The summed E-state index contributed by atoms with van der Waals surface area (Å²) in [4.78, 5) is 12.0. The van der Waals surface area contributed by atoms with Gasteiger partial charge >= 0.3 is 0 Å². The molecule has 6 heteroatoms. The van der Waals surface area contributed by atoms with Crippen LogP contribution in [0.5, 0.6) is 0 Å². The monoisotopic (exact) mass is 280 g/mol. The molecule has 1 amide bonds. The minimum atomic E-state index is -3.85. The molecule has 0 aliphatic heterocycles. The highest BCUT2D eigenvalue weighted by atomic mass is 32.2. The quantitative estimate of drug-likeness (QED) is 0.802. The predicted molar refractivity (Wildman–Crippen MR) is 72.9 cm³/mol. The molecule has 0 aromatic heterocycles. The van der Waals surface area contributed by atoms with Crippen molar-refractivity contribution in [2.45, 2.75) is 31.2 Å². The number of rotatable bonds is 3. The smallest absolute Gasteiger partial charge is 0.252 e. The summed E-state index contributed by atoms with van der Waals surface area (Å²) in [7, 11) is -3.85. The summed E-state index contributed by atoms with van der Waals surface area (Å²) in [5.74, 6) is 1.99. The second-order valence-corrected chi connectivity index (χ2v) is 6.31. The Labute approximate surface area is 113 Å². The van der Waals surface area contributed by atoms with Gasteiger partial charge in [0.05, 0.1) is 10.4 Å². The van der Waals surface area contributed by atoms with Crippen LogP contribution in [0.3, 0.4) is 0 Å². The molecule has 0 heterocycles. The molecule has 0 fully saturated rings. The van der Waals surface area contributed by atoms with Crippen molar-refractivity contribution < 1.29 is 13.2 Å². The lowest BCUT2D eigenvalue weighted by Gasteiger charge is -2.20. The van der Waals surface area contributed by atoms with Gasteiger partial charge in [-0.1, -0.05) is 12.0 Å². The molecule has 19 heavy (non-hydrogen) atoms. The molecular formula is C13H16N2O3S. The Kier molecular flexibility index (Phi) is 4.03. The molecule has 0 saturated carbocycles. The molecule has 1 aromatic rings. The number of hydrogen-bond donors (Lipinski definition) is 2. The van der Waals surface area contributed by atoms with Gasteiger partial charge in [-0.05, 0) is 38.5 Å². The maximum absolute atomic E-state index is 12.1. The van der Waals surface area contributed by atoms with E-state index in [1.165, 1.54) is 18.2 Å². The number of benzene rings is 1. The zero-order chi connectivity index (χ0) is 14.8. The Morgan fingerprint density at radius 3 is 2.47 bits per heavy atom. The normalized spacial score (nSPS) is 11.7. The van der Waals surface area contributed by atoms with Crippen molar-refractivity contribution in [1.29, 1.82) is 0 Å². The van der Waals surface area contributed by atoms with E-state index >= 15 is 0 Å². The van der Waals surface area contributed by atoms with Crippen LogP contribution in [0, 0.1) is 19.3 Å². The summed E-state index contributed by atoms with van der Waals surface area (Å²) in [5, 5.41) is 7.67. The highest BCUT2D eigenvalue weighted by molar-refractivity contribution is 7.89. The number of nitrogens with one attached hydrogen (secondary N) is 1. The Morgan fingerprint density at radius 2 is 2.00 bits per heavy atom. The lowest BCUT2D eigenvalue weighted by molar-refractivity contribution is 0.0929. The Hall–Kier alpha value is -1.84. The molecule has 0 radical (unpaired) electrons. The fourth-order valence-electron chi connectivity index (χ4n) is 1.41. The molecular weight excluding hydrogens is 264 g/mol. The van der Waals surface area contributed by atoms with E-state index in [-0.39, 0.29) is 10.5 Å². The first-order chi connectivity index (χ1) is 8.57. The third kappa shape index (κ3) is 3.81. The zero-order valence-electron chi connectivity index (χ0n) is 11.0. The predicted octanol–water partition coefficient (Wildman–Crippen LogP) is 0.784. The van der Waals surface area contributed by atoms with Crippen molar-refractivity contribution in [2.75, 3.05) is 0 Å². The van der Waals surface area contributed by atoms with E-state index in [2.05, 4.69) is 11.2 Å². The summed E-state index contributed by atoms with van der Waals surface area (Å²) < 4.78 is 22.5. The summed E-state index contributed by atoms with van der Waals surface area (Å²) in [6, 6.07) is 4.12. The van der Waals surface area contributed by atoms with Crippen LogP contribution in [0.25, 0.3) is 0 Å². The van der Waals surface area contributed by atoms with Crippen LogP contribution < -0.4 is 10.5 Å². The highest BCUT2D eigenvalue weighted by Crippen LogP contribution is 2.15. The largest absolute Gasteiger partial charge is 0.336 e. The number of terminal acetylenes is 1. The van der Waals surface area contributed by atoms with E-state index in [4.69, 9.17) is 11.6 Å². The van der Waals surface area contributed by atoms with Crippen LogP contribution in [-0.4, -0.2) is 19.9 Å². The van der Waals surface area contributed by atoms with E-state index in [0.29, 0.717) is 5.56 Å². The van der Waals surface area contributed by atoms with E-state index in [0.717, 1.165) is 0 Å². The van der Waals surface area contributed by atoms with Gasteiger partial charge in [0.15, 0.2) is 0 Å². The number of hydrogen-bond acceptors (Lipinski definition) is 3. The van der Waals surface area contributed by atoms with Gasteiger partial charge in [0, 0.05) is 5.56 Å². The molecule has 0 aliphatic carbocycles. The fourth-order valence-corrected chi connectivity index (χ4v) is 1.95. The summed E-state index contributed by atoms with van der Waals surface area (Å²) in [6.45, 7) is 5.04. The number of carbonyl (C=O) groups excluding carboxylic acids is 1. The van der Waals surface area contributed by atoms with E-state index < -0.39 is 21.5 Å². The molecule has 0 aliphatic rings. The van der Waals surface area contributed by atoms with Crippen molar-refractivity contribution >= 4 is 15.9 Å². The number of primary sulfonamides is 1. The first-order valence-electron chi connectivity index (χ1n) is 5.50. The molecule has 3 N–H and O–H groups in total. The van der Waals surface area contributed by atoms with Crippen LogP contribution in [-0.2, 0) is 10.0 Å². The molecule has 1 aromatic carbocycles. The summed E-state index contributed by atoms with van der Waals surface area (Å²) in [6.07, 6.45) is 5.29. The number of aryl methyl sites for hydroxylation is 1. The molecule has 102 valence electrons. The zero-order valence-corrected chi connectivity index (χ0v) is 11.8. The van der Waals surface area contributed by atoms with Crippen LogP contribution in [0.15, 0.2) is 23.1 Å². The van der Waals surface area contributed by atoms with Crippen molar-refractivity contribution in [3.63, 3.8) is 0 Å². The maximum Gasteiger partial charge on any atom is 0.252 e. The van der Waals surface area contributed by atoms with Crippen LogP contribution in [0.2, 0.25) is 0 Å². The number of carbonyl (C=O) groups is 1. The molecule has 5 nitrogen and oxygen atoms in total. The fraction of sp³-hybridized carbons (Fsp3) is 0.308. The van der Waals surface area contributed by atoms with Crippen molar-refractivity contribution in [1.82, 2.24) is 5.32 Å². The van der Waals surface area contributed by atoms with Crippen molar-refractivity contribution in [2.24, 2.45) is 5.14 Å². The molecule has 0 saturated heterocycles. The third-order valence-corrected chi connectivity index (χ3v) is 3.48. The van der Waals surface area contributed by atoms with Crippen molar-refractivity contribution in [3.05, 3.63) is 29.3 Å². The molecule has 0 bridgehead atoms. The number of sulfonamides is 1. The minimum absolute atomic E-state index is 0.109. The third-order valence-electron chi connectivity index (χ3n) is 2.57. The summed E-state index contributed by atoms with van der Waals surface area (Å²) >= 11 is 0. The first kappa shape index (κ1) is 15.2. The van der Waals surface area contributed by atoms with Crippen molar-refractivity contribution in [3.8, 4) is 12.3 Å². The van der Waals surface area contributed by atoms with Gasteiger partial charge in [-0.15, -0.1) is 6.42 Å². The van der Waals surface area contributed by atoms with E-state index in [9.17, 15) is 13.2 Å². The average Bonchev–Trinajstić information content (AvgIpc) is 2.27. The Bertz CT molecular complexity index is 655. The van der Waals surface area contributed by atoms with E-state index in [1.54, 1.807) is 20.8 Å². The lowest BCUT2D eigenvalue weighted by atomic mass is 10.0. The standard InChI is InChI=1S/C13H16N2O3S/c1-5-13(3,4)15-12(16)11-8-10(19(14,17)18)7-6-9(11)2/h1,6-8H,2-4H3,(H,15,16)(H2,14,17,18). The van der Waals surface area contributed by atoms with Gasteiger partial charge in [0.25, 0.3) is 5.91 Å². The molecule has 0 spiro atoms. The topological polar surface area (TPSA) is 89.3 Å². The van der Waals surface area contributed by atoms with Gasteiger partial charge in [-0.3, -0.25) is 4.79 Å². The molecule has 1 rings (SSSR count). The van der Waals surface area contributed by atoms with Crippen LogP contribution >= 0.6 is 0 Å².